The molecule has 6 nitrogen and oxygen atoms in total. The zero-order chi connectivity index (χ0) is 16.6. The van der Waals surface area contributed by atoms with Crippen LogP contribution in [0, 0.1) is 0 Å². The molecule has 0 aliphatic heterocycles. The SMILES string of the molecule is COc1cc(OC)cc(OCCCN=C(N)NC(C)(C)C)c1. The van der Waals surface area contributed by atoms with Crippen molar-refractivity contribution in [3.63, 3.8) is 0 Å². The lowest BCUT2D eigenvalue weighted by Crippen LogP contribution is -2.45. The van der Waals surface area contributed by atoms with Gasteiger partial charge in [0.15, 0.2) is 5.96 Å². The number of ether oxygens (including phenoxy) is 3. The topological polar surface area (TPSA) is 78.1 Å². The van der Waals surface area contributed by atoms with Crippen LogP contribution in [-0.4, -0.2) is 38.9 Å². The largest absolute Gasteiger partial charge is 0.496 e. The predicted molar refractivity (Wildman–Crippen MR) is 89.0 cm³/mol. The maximum Gasteiger partial charge on any atom is 0.188 e. The Morgan fingerprint density at radius 2 is 1.64 bits per heavy atom. The number of methoxy groups -OCH3 is 2. The van der Waals surface area contributed by atoms with Gasteiger partial charge in [-0.15, -0.1) is 0 Å². The molecule has 0 spiro atoms. The molecule has 0 aromatic heterocycles. The molecule has 0 fully saturated rings. The average Bonchev–Trinajstić information content (AvgIpc) is 2.44. The molecule has 6 heteroatoms. The Labute approximate surface area is 132 Å². The Morgan fingerprint density at radius 3 is 2.14 bits per heavy atom. The summed E-state index contributed by atoms with van der Waals surface area (Å²) < 4.78 is 16.1. The third kappa shape index (κ3) is 7.06. The Morgan fingerprint density at radius 1 is 1.09 bits per heavy atom. The molecule has 22 heavy (non-hydrogen) atoms. The minimum atomic E-state index is -0.0821. The molecule has 0 amide bonds. The summed E-state index contributed by atoms with van der Waals surface area (Å²) >= 11 is 0. The molecule has 0 bridgehead atoms. The Hall–Kier alpha value is -2.11. The number of nitrogens with two attached hydrogens (primary N) is 1. The molecule has 1 rings (SSSR count). The maximum atomic E-state index is 5.79. The second kappa shape index (κ2) is 8.36. The molecule has 1 aromatic carbocycles. The summed E-state index contributed by atoms with van der Waals surface area (Å²) in [6.45, 7) is 7.26. The zero-order valence-electron chi connectivity index (χ0n) is 14.1. The van der Waals surface area contributed by atoms with Crippen LogP contribution in [0.3, 0.4) is 0 Å². The highest BCUT2D eigenvalue weighted by Gasteiger charge is 2.09. The van der Waals surface area contributed by atoms with Crippen molar-refractivity contribution >= 4 is 5.96 Å². The molecule has 0 heterocycles. The highest BCUT2D eigenvalue weighted by atomic mass is 16.5. The summed E-state index contributed by atoms with van der Waals surface area (Å²) in [6, 6.07) is 5.44. The standard InChI is InChI=1S/C16H27N3O3/c1-16(2,3)19-15(17)18-7-6-8-22-14-10-12(20-4)9-13(11-14)21-5/h9-11H,6-8H2,1-5H3,(H3,17,18,19). The van der Waals surface area contributed by atoms with E-state index in [-0.39, 0.29) is 5.54 Å². The summed E-state index contributed by atoms with van der Waals surface area (Å²) in [6.07, 6.45) is 0.770. The molecule has 0 saturated carbocycles. The third-order valence-electron chi connectivity index (χ3n) is 2.68. The third-order valence-corrected chi connectivity index (χ3v) is 2.68. The van der Waals surface area contributed by atoms with E-state index in [1.54, 1.807) is 20.3 Å². The van der Waals surface area contributed by atoms with Crippen LogP contribution in [0.15, 0.2) is 23.2 Å². The number of hydrogen-bond donors (Lipinski definition) is 2. The number of guanidine groups is 1. The van der Waals surface area contributed by atoms with Gasteiger partial charge in [-0.05, 0) is 20.8 Å². The fourth-order valence-corrected chi connectivity index (χ4v) is 1.74. The normalized spacial score (nSPS) is 12.0. The Balaban J connectivity index is 2.40. The van der Waals surface area contributed by atoms with Crippen molar-refractivity contribution in [1.29, 1.82) is 0 Å². The van der Waals surface area contributed by atoms with E-state index >= 15 is 0 Å². The molecular formula is C16H27N3O3. The second-order valence-electron chi connectivity index (χ2n) is 5.89. The van der Waals surface area contributed by atoms with Crippen molar-refractivity contribution in [2.45, 2.75) is 32.7 Å². The number of aliphatic imine (C=N–C) groups is 1. The highest BCUT2D eigenvalue weighted by molar-refractivity contribution is 5.78. The average molecular weight is 309 g/mol. The van der Waals surface area contributed by atoms with Gasteiger partial charge in [0.25, 0.3) is 0 Å². The molecular weight excluding hydrogens is 282 g/mol. The number of nitrogens with one attached hydrogen (secondary N) is 1. The lowest BCUT2D eigenvalue weighted by molar-refractivity contribution is 0.307. The van der Waals surface area contributed by atoms with E-state index in [1.807, 2.05) is 32.9 Å². The van der Waals surface area contributed by atoms with Crippen molar-refractivity contribution < 1.29 is 14.2 Å². The molecule has 0 unspecified atom stereocenters. The van der Waals surface area contributed by atoms with Gasteiger partial charge in [0.1, 0.15) is 17.2 Å². The highest BCUT2D eigenvalue weighted by Crippen LogP contribution is 2.27. The van der Waals surface area contributed by atoms with Crippen molar-refractivity contribution in [1.82, 2.24) is 5.32 Å². The molecule has 0 aliphatic carbocycles. The minimum Gasteiger partial charge on any atom is -0.496 e. The van der Waals surface area contributed by atoms with Gasteiger partial charge >= 0.3 is 0 Å². The van der Waals surface area contributed by atoms with Crippen LogP contribution in [0.5, 0.6) is 17.2 Å². The lowest BCUT2D eigenvalue weighted by atomic mass is 10.1. The molecule has 0 radical (unpaired) electrons. The van der Waals surface area contributed by atoms with Crippen LogP contribution in [0.2, 0.25) is 0 Å². The van der Waals surface area contributed by atoms with Gasteiger partial charge in [0.05, 0.1) is 20.8 Å². The van der Waals surface area contributed by atoms with E-state index in [2.05, 4.69) is 10.3 Å². The number of nitrogens with zero attached hydrogens (tertiary/aromatic N) is 1. The van der Waals surface area contributed by atoms with Crippen LogP contribution in [0.1, 0.15) is 27.2 Å². The molecule has 3 N–H and O–H groups in total. The van der Waals surface area contributed by atoms with Gasteiger partial charge in [-0.25, -0.2) is 0 Å². The summed E-state index contributed by atoms with van der Waals surface area (Å²) in [5.74, 6) is 2.56. The number of hydrogen-bond acceptors (Lipinski definition) is 4. The fraction of sp³-hybridized carbons (Fsp3) is 0.562. The van der Waals surface area contributed by atoms with Crippen molar-refractivity contribution in [3.05, 3.63) is 18.2 Å². The van der Waals surface area contributed by atoms with E-state index in [4.69, 9.17) is 19.9 Å². The first-order valence-corrected chi connectivity index (χ1v) is 7.28. The Bertz CT molecular complexity index is 474. The van der Waals surface area contributed by atoms with Crippen molar-refractivity contribution in [3.8, 4) is 17.2 Å². The van der Waals surface area contributed by atoms with E-state index < -0.39 is 0 Å². The summed E-state index contributed by atoms with van der Waals surface area (Å²) in [4.78, 5) is 4.26. The van der Waals surface area contributed by atoms with Gasteiger partial charge < -0.3 is 25.3 Å². The van der Waals surface area contributed by atoms with Crippen LogP contribution in [0.4, 0.5) is 0 Å². The quantitative estimate of drug-likeness (QED) is 0.458. The first-order valence-electron chi connectivity index (χ1n) is 7.28. The van der Waals surface area contributed by atoms with E-state index in [9.17, 15) is 0 Å². The number of benzene rings is 1. The van der Waals surface area contributed by atoms with E-state index in [1.165, 1.54) is 0 Å². The minimum absolute atomic E-state index is 0.0821. The van der Waals surface area contributed by atoms with Crippen LogP contribution in [-0.2, 0) is 0 Å². The first-order chi connectivity index (χ1) is 10.3. The fourth-order valence-electron chi connectivity index (χ4n) is 1.74. The van der Waals surface area contributed by atoms with Gasteiger partial charge in [0.2, 0.25) is 0 Å². The maximum absolute atomic E-state index is 5.79. The summed E-state index contributed by atoms with van der Waals surface area (Å²) in [5.41, 5.74) is 5.71. The van der Waals surface area contributed by atoms with Crippen LogP contribution < -0.4 is 25.3 Å². The Kier molecular flexibility index (Phi) is 6.82. The monoisotopic (exact) mass is 309 g/mol. The van der Waals surface area contributed by atoms with Crippen molar-refractivity contribution in [2.24, 2.45) is 10.7 Å². The van der Waals surface area contributed by atoms with Crippen LogP contribution in [0.25, 0.3) is 0 Å². The van der Waals surface area contributed by atoms with Gasteiger partial charge in [-0.3, -0.25) is 4.99 Å². The smallest absolute Gasteiger partial charge is 0.188 e. The summed E-state index contributed by atoms with van der Waals surface area (Å²) in [7, 11) is 3.22. The molecule has 0 aliphatic rings. The molecule has 124 valence electrons. The van der Waals surface area contributed by atoms with Crippen LogP contribution >= 0.6 is 0 Å². The van der Waals surface area contributed by atoms with E-state index in [0.717, 1.165) is 6.42 Å². The van der Waals surface area contributed by atoms with E-state index in [0.29, 0.717) is 36.4 Å². The lowest BCUT2D eigenvalue weighted by Gasteiger charge is -2.20. The molecule has 0 atom stereocenters. The predicted octanol–water partition coefficient (Wildman–Crippen LogP) is 2.18. The first kappa shape index (κ1) is 17.9. The second-order valence-corrected chi connectivity index (χ2v) is 5.89. The number of rotatable bonds is 7. The zero-order valence-corrected chi connectivity index (χ0v) is 14.1. The van der Waals surface area contributed by atoms with Gasteiger partial charge in [-0.1, -0.05) is 0 Å². The van der Waals surface area contributed by atoms with Crippen molar-refractivity contribution in [2.75, 3.05) is 27.4 Å². The van der Waals surface area contributed by atoms with Gasteiger partial charge in [-0.2, -0.15) is 0 Å². The molecule has 1 aromatic rings. The molecule has 0 saturated heterocycles. The summed E-state index contributed by atoms with van der Waals surface area (Å²) in [5, 5.41) is 3.11. The van der Waals surface area contributed by atoms with Gasteiger partial charge in [0, 0.05) is 36.7 Å².